The van der Waals surface area contributed by atoms with Gasteiger partial charge in [0, 0.05) is 39.1 Å². The standard InChI is InChI=1S/C25H31N3O4S/c1-3-4-11-28-22(29)17-20(23(28)18-7-9-19(32-2)10-8-18)24(30)26-12-14-27(15-13-26)25(31)21-6-5-16-33-21/h5-10,16,20,23H,3-4,11-15,17H2,1-2H3/t20-,23+/m0/s1. The predicted molar refractivity (Wildman–Crippen MR) is 127 cm³/mol. The van der Waals surface area contributed by atoms with E-state index in [1.54, 1.807) is 7.11 Å². The maximum absolute atomic E-state index is 13.6. The fourth-order valence-corrected chi connectivity index (χ4v) is 5.43. The highest BCUT2D eigenvalue weighted by Crippen LogP contribution is 2.40. The van der Waals surface area contributed by atoms with Crippen LogP contribution in [0.15, 0.2) is 41.8 Å². The van der Waals surface area contributed by atoms with Crippen LogP contribution in [0.3, 0.4) is 0 Å². The minimum atomic E-state index is -0.415. The van der Waals surface area contributed by atoms with Gasteiger partial charge in [-0.15, -0.1) is 11.3 Å². The molecule has 2 aromatic rings. The Morgan fingerprint density at radius 2 is 1.76 bits per heavy atom. The molecule has 8 heteroatoms. The molecule has 0 bridgehead atoms. The van der Waals surface area contributed by atoms with Gasteiger partial charge in [0.2, 0.25) is 11.8 Å². The van der Waals surface area contributed by atoms with Crippen LogP contribution < -0.4 is 4.74 Å². The van der Waals surface area contributed by atoms with E-state index < -0.39 is 5.92 Å². The average molecular weight is 470 g/mol. The van der Waals surface area contributed by atoms with Crippen LogP contribution in [-0.4, -0.2) is 72.3 Å². The Kier molecular flexibility index (Phi) is 7.33. The molecule has 0 aliphatic carbocycles. The molecule has 176 valence electrons. The molecule has 2 atom stereocenters. The molecule has 3 amide bonds. The van der Waals surface area contributed by atoms with E-state index in [1.807, 2.05) is 56.5 Å². The molecule has 7 nitrogen and oxygen atoms in total. The maximum atomic E-state index is 13.6. The molecule has 33 heavy (non-hydrogen) atoms. The molecule has 2 fully saturated rings. The zero-order valence-electron chi connectivity index (χ0n) is 19.2. The van der Waals surface area contributed by atoms with Crippen LogP contribution in [-0.2, 0) is 9.59 Å². The minimum Gasteiger partial charge on any atom is -0.497 e. The highest BCUT2D eigenvalue weighted by Gasteiger charge is 2.46. The van der Waals surface area contributed by atoms with Crippen LogP contribution in [0.5, 0.6) is 5.75 Å². The Labute approximate surface area is 198 Å². The Morgan fingerprint density at radius 3 is 2.36 bits per heavy atom. The monoisotopic (exact) mass is 469 g/mol. The van der Waals surface area contributed by atoms with Crippen molar-refractivity contribution in [1.82, 2.24) is 14.7 Å². The number of carbonyl (C=O) groups is 3. The summed E-state index contributed by atoms with van der Waals surface area (Å²) in [7, 11) is 1.62. The van der Waals surface area contributed by atoms with Gasteiger partial charge < -0.3 is 19.4 Å². The lowest BCUT2D eigenvalue weighted by Gasteiger charge is -2.37. The second-order valence-corrected chi connectivity index (χ2v) is 9.51. The molecule has 2 aliphatic rings. The number of ether oxygens (including phenoxy) is 1. The first kappa shape index (κ1) is 23.3. The lowest BCUT2D eigenvalue weighted by Crippen LogP contribution is -2.52. The lowest BCUT2D eigenvalue weighted by molar-refractivity contribution is -0.138. The largest absolute Gasteiger partial charge is 0.497 e. The lowest BCUT2D eigenvalue weighted by atomic mass is 9.91. The normalized spacial score (nSPS) is 20.9. The Bertz CT molecular complexity index is 968. The van der Waals surface area contributed by atoms with Crippen LogP contribution in [0.1, 0.15) is 47.5 Å². The number of carbonyl (C=O) groups excluding carboxylic acids is 3. The quantitative estimate of drug-likeness (QED) is 0.623. The number of hydrogen-bond donors (Lipinski definition) is 0. The number of amides is 3. The van der Waals surface area contributed by atoms with Crippen molar-refractivity contribution in [3.05, 3.63) is 52.2 Å². The van der Waals surface area contributed by atoms with Crippen LogP contribution >= 0.6 is 11.3 Å². The van der Waals surface area contributed by atoms with Gasteiger partial charge in [-0.25, -0.2) is 0 Å². The summed E-state index contributed by atoms with van der Waals surface area (Å²) >= 11 is 1.44. The van der Waals surface area contributed by atoms with Gasteiger partial charge in [0.25, 0.3) is 5.91 Å². The van der Waals surface area contributed by atoms with Crippen molar-refractivity contribution in [1.29, 1.82) is 0 Å². The van der Waals surface area contributed by atoms with Gasteiger partial charge in [-0.3, -0.25) is 14.4 Å². The van der Waals surface area contributed by atoms with E-state index in [1.165, 1.54) is 11.3 Å². The van der Waals surface area contributed by atoms with Gasteiger partial charge in [-0.05, 0) is 35.6 Å². The van der Waals surface area contributed by atoms with Gasteiger partial charge in [-0.1, -0.05) is 31.5 Å². The minimum absolute atomic E-state index is 0.00592. The van der Waals surface area contributed by atoms with Crippen molar-refractivity contribution in [2.75, 3.05) is 39.8 Å². The molecule has 1 aromatic carbocycles. The fraction of sp³-hybridized carbons (Fsp3) is 0.480. The van der Waals surface area contributed by atoms with Gasteiger partial charge >= 0.3 is 0 Å². The number of unbranched alkanes of at least 4 members (excludes halogenated alkanes) is 1. The molecule has 0 unspecified atom stereocenters. The first-order valence-electron chi connectivity index (χ1n) is 11.6. The SMILES string of the molecule is CCCCN1C(=O)C[C@H](C(=O)N2CCN(C(=O)c3cccs3)CC2)[C@H]1c1ccc(OC)cc1. The molecule has 0 spiro atoms. The summed E-state index contributed by atoms with van der Waals surface area (Å²) in [6.45, 7) is 4.75. The number of likely N-dealkylation sites (tertiary alicyclic amines) is 1. The van der Waals surface area contributed by atoms with Crippen LogP contribution in [0.4, 0.5) is 0 Å². The van der Waals surface area contributed by atoms with E-state index in [-0.39, 0.29) is 30.2 Å². The molecule has 3 heterocycles. The average Bonchev–Trinajstić information content (AvgIpc) is 3.50. The summed E-state index contributed by atoms with van der Waals surface area (Å²) in [5, 5.41) is 1.90. The molecule has 2 saturated heterocycles. The van der Waals surface area contributed by atoms with Crippen LogP contribution in [0.2, 0.25) is 0 Å². The second kappa shape index (κ2) is 10.4. The zero-order chi connectivity index (χ0) is 23.4. The van der Waals surface area contributed by atoms with Crippen molar-refractivity contribution in [2.45, 2.75) is 32.2 Å². The van der Waals surface area contributed by atoms with E-state index in [4.69, 9.17) is 4.74 Å². The zero-order valence-corrected chi connectivity index (χ0v) is 20.1. The highest BCUT2D eigenvalue weighted by molar-refractivity contribution is 7.12. The molecule has 2 aliphatic heterocycles. The third-order valence-electron chi connectivity index (χ3n) is 6.57. The van der Waals surface area contributed by atoms with Gasteiger partial charge in [0.1, 0.15) is 5.75 Å². The predicted octanol–water partition coefficient (Wildman–Crippen LogP) is 3.43. The summed E-state index contributed by atoms with van der Waals surface area (Å²) in [5.74, 6) is 0.399. The molecule has 0 radical (unpaired) electrons. The summed E-state index contributed by atoms with van der Waals surface area (Å²) < 4.78 is 5.28. The third kappa shape index (κ3) is 4.90. The number of methoxy groups -OCH3 is 1. The van der Waals surface area contributed by atoms with E-state index in [2.05, 4.69) is 6.92 Å². The Morgan fingerprint density at radius 1 is 1.06 bits per heavy atom. The van der Waals surface area contributed by atoms with Crippen LogP contribution in [0.25, 0.3) is 0 Å². The Hall–Kier alpha value is -2.87. The smallest absolute Gasteiger partial charge is 0.264 e. The van der Waals surface area contributed by atoms with Crippen LogP contribution in [0, 0.1) is 5.92 Å². The third-order valence-corrected chi connectivity index (χ3v) is 7.43. The molecule has 0 N–H and O–H groups in total. The Balaban J connectivity index is 1.48. The van der Waals surface area contributed by atoms with E-state index in [0.717, 1.165) is 29.0 Å². The summed E-state index contributed by atoms with van der Waals surface area (Å²) in [6.07, 6.45) is 2.12. The summed E-state index contributed by atoms with van der Waals surface area (Å²) in [4.78, 5) is 45.4. The summed E-state index contributed by atoms with van der Waals surface area (Å²) in [6, 6.07) is 11.1. The second-order valence-electron chi connectivity index (χ2n) is 8.56. The molecule has 1 aromatic heterocycles. The van der Waals surface area contributed by atoms with Crippen molar-refractivity contribution in [3.8, 4) is 5.75 Å². The molecular formula is C25H31N3O4S. The number of piperazine rings is 1. The number of nitrogens with zero attached hydrogens (tertiary/aromatic N) is 3. The van der Waals surface area contributed by atoms with E-state index in [9.17, 15) is 14.4 Å². The highest BCUT2D eigenvalue weighted by atomic mass is 32.1. The van der Waals surface area contributed by atoms with Crippen molar-refractivity contribution < 1.29 is 19.1 Å². The van der Waals surface area contributed by atoms with Crippen molar-refractivity contribution >= 4 is 29.1 Å². The molecule has 4 rings (SSSR count). The molecule has 0 saturated carbocycles. The van der Waals surface area contributed by atoms with E-state index >= 15 is 0 Å². The van der Waals surface area contributed by atoms with Gasteiger partial charge in [-0.2, -0.15) is 0 Å². The van der Waals surface area contributed by atoms with Gasteiger partial charge in [0.15, 0.2) is 0 Å². The summed E-state index contributed by atoms with van der Waals surface area (Å²) in [5.41, 5.74) is 0.961. The fourth-order valence-electron chi connectivity index (χ4n) is 4.74. The number of benzene rings is 1. The van der Waals surface area contributed by atoms with Gasteiger partial charge in [0.05, 0.1) is 23.9 Å². The topological polar surface area (TPSA) is 70.2 Å². The number of thiophene rings is 1. The van der Waals surface area contributed by atoms with Crippen molar-refractivity contribution in [2.24, 2.45) is 5.92 Å². The number of rotatable bonds is 7. The van der Waals surface area contributed by atoms with E-state index in [0.29, 0.717) is 32.7 Å². The molecular weight excluding hydrogens is 438 g/mol. The number of hydrogen-bond acceptors (Lipinski definition) is 5. The maximum Gasteiger partial charge on any atom is 0.264 e. The first-order chi connectivity index (χ1) is 16.0. The first-order valence-corrected chi connectivity index (χ1v) is 12.5. The van der Waals surface area contributed by atoms with Crippen molar-refractivity contribution in [3.63, 3.8) is 0 Å².